The number of methoxy groups -OCH3 is 1. The fourth-order valence-electron chi connectivity index (χ4n) is 8.64. The van der Waals surface area contributed by atoms with Crippen LogP contribution in [-0.2, 0) is 25.9 Å². The van der Waals surface area contributed by atoms with Crippen LogP contribution < -0.4 is 36.6 Å². The van der Waals surface area contributed by atoms with Crippen LogP contribution in [0.2, 0.25) is 0 Å². The summed E-state index contributed by atoms with van der Waals surface area (Å²) in [5, 5.41) is 12.1. The highest BCUT2D eigenvalue weighted by Crippen LogP contribution is 2.35. The molecule has 6 aromatic heterocycles. The number of anilines is 4. The SMILES string of the molecule is COc1nc2c(C(N)=O)cccc2n1-c1nc(NCc2cccs2)c2c(n1)N(C)CCCC2.Cc1cc2c(C(N)=O)cccc2n1-c1nc(NCc2cccs2)c2c(n1)N(C)CCCC2. The number of amides is 2. The van der Waals surface area contributed by atoms with Crippen LogP contribution in [0.1, 0.15) is 73.0 Å². The molecule has 18 heteroatoms. The number of hydrogen-bond donors (Lipinski definition) is 4. The number of carbonyl (C=O) groups excluding carboxylic acids is 2. The standard InChI is InChI=1S/C24H26N6OS.C23H25N7O2S/c1-15-13-19-17(21(25)31)9-5-10-20(19)30(15)24-27-22(26-14-16-7-6-12-32-16)18-8-3-4-11-29(2)23(18)28-24;1-29-11-4-3-8-16-20(25-13-14-7-6-12-33-14)27-22(28-21(16)29)30-17-10-5-9-15(19(24)31)18(17)26-23(30)32-2/h5-7,9-10,12-13H,3-4,8,11,14H2,1-2H3,(H2,25,31)(H,26,27,28);5-7,9-10,12H,3-4,8,11,13H2,1-2H3,(H2,24,31)(H,25,27,28). The minimum absolute atomic E-state index is 0.291. The number of aromatic nitrogens is 7. The summed E-state index contributed by atoms with van der Waals surface area (Å²) in [7, 11) is 5.68. The molecule has 0 atom stereocenters. The van der Waals surface area contributed by atoms with Gasteiger partial charge in [-0.05, 0) is 98.7 Å². The summed E-state index contributed by atoms with van der Waals surface area (Å²) < 4.78 is 9.31. The van der Waals surface area contributed by atoms with Gasteiger partial charge in [-0.25, -0.2) is 4.57 Å². The van der Waals surface area contributed by atoms with Crippen molar-refractivity contribution in [3.05, 3.63) is 115 Å². The first kappa shape index (κ1) is 43.2. The van der Waals surface area contributed by atoms with Gasteiger partial charge >= 0.3 is 6.01 Å². The molecule has 16 nitrogen and oxygen atoms in total. The summed E-state index contributed by atoms with van der Waals surface area (Å²) >= 11 is 3.43. The van der Waals surface area contributed by atoms with Gasteiger partial charge in [0.2, 0.25) is 17.8 Å². The third kappa shape index (κ3) is 8.66. The Hall–Kier alpha value is -7.05. The second kappa shape index (κ2) is 18.6. The zero-order valence-corrected chi connectivity index (χ0v) is 38.4. The molecule has 6 N–H and O–H groups in total. The highest BCUT2D eigenvalue weighted by Gasteiger charge is 2.26. The van der Waals surface area contributed by atoms with Crippen LogP contribution in [0.4, 0.5) is 23.3 Å². The van der Waals surface area contributed by atoms with Crippen molar-refractivity contribution in [3.63, 3.8) is 0 Å². The molecule has 0 saturated carbocycles. The highest BCUT2D eigenvalue weighted by molar-refractivity contribution is 7.10. The van der Waals surface area contributed by atoms with Crippen molar-refractivity contribution in [1.29, 1.82) is 0 Å². The van der Waals surface area contributed by atoms with E-state index in [9.17, 15) is 9.59 Å². The molecular weight excluding hydrogens is 859 g/mol. The molecule has 0 spiro atoms. The Morgan fingerprint density at radius 3 is 1.74 bits per heavy atom. The van der Waals surface area contributed by atoms with Crippen LogP contribution in [-0.4, -0.2) is 80.2 Å². The van der Waals surface area contributed by atoms with E-state index in [0.29, 0.717) is 46.6 Å². The molecule has 8 heterocycles. The maximum atomic E-state index is 12.0. The summed E-state index contributed by atoms with van der Waals surface area (Å²) in [5.41, 5.74) is 17.2. The molecule has 0 saturated heterocycles. The van der Waals surface area contributed by atoms with E-state index in [2.05, 4.69) is 68.5 Å². The molecule has 334 valence electrons. The van der Waals surface area contributed by atoms with Gasteiger partial charge in [0.05, 0.1) is 36.8 Å². The Bertz CT molecular complexity index is 3020. The fourth-order valence-corrected chi connectivity index (χ4v) is 9.93. The average Bonchev–Trinajstić information content (AvgIpc) is 4.11. The number of imidazole rings is 1. The van der Waals surface area contributed by atoms with Crippen LogP contribution in [0.15, 0.2) is 77.5 Å². The lowest BCUT2D eigenvalue weighted by atomic mass is 10.1. The number of para-hydroxylation sites is 1. The van der Waals surface area contributed by atoms with E-state index in [0.717, 1.165) is 109 Å². The Morgan fingerprint density at radius 1 is 0.677 bits per heavy atom. The van der Waals surface area contributed by atoms with Crippen LogP contribution in [0.3, 0.4) is 0 Å². The molecule has 10 rings (SSSR count). The molecule has 0 aliphatic carbocycles. The van der Waals surface area contributed by atoms with Gasteiger partial charge in [0.25, 0.3) is 5.91 Å². The predicted molar refractivity (Wildman–Crippen MR) is 260 cm³/mol. The number of primary amides is 2. The monoisotopic (exact) mass is 909 g/mol. The van der Waals surface area contributed by atoms with Gasteiger partial charge in [-0.2, -0.15) is 24.9 Å². The van der Waals surface area contributed by atoms with E-state index in [1.807, 2.05) is 41.8 Å². The van der Waals surface area contributed by atoms with E-state index in [1.165, 1.54) is 16.9 Å². The van der Waals surface area contributed by atoms with E-state index in [1.54, 1.807) is 45.4 Å². The van der Waals surface area contributed by atoms with E-state index in [-0.39, 0.29) is 0 Å². The number of fused-ring (bicyclic) bond motifs is 4. The lowest BCUT2D eigenvalue weighted by Crippen LogP contribution is -2.21. The van der Waals surface area contributed by atoms with E-state index in [4.69, 9.17) is 36.1 Å². The number of thiophene rings is 2. The van der Waals surface area contributed by atoms with Gasteiger partial charge in [-0.15, -0.1) is 22.7 Å². The van der Waals surface area contributed by atoms with Crippen molar-refractivity contribution in [3.8, 4) is 17.9 Å². The minimum Gasteiger partial charge on any atom is -0.468 e. The van der Waals surface area contributed by atoms with E-state index >= 15 is 0 Å². The number of nitrogens with two attached hydrogens (primary N) is 2. The number of nitrogens with zero attached hydrogens (tertiary/aromatic N) is 9. The maximum absolute atomic E-state index is 12.0. The Balaban J connectivity index is 0.000000164. The van der Waals surface area contributed by atoms with Crippen LogP contribution in [0.25, 0.3) is 33.8 Å². The molecule has 2 aliphatic heterocycles. The summed E-state index contributed by atoms with van der Waals surface area (Å²) in [6, 6.07) is 21.5. The molecule has 0 radical (unpaired) electrons. The quantitative estimate of drug-likeness (QED) is 0.0990. The molecule has 0 fully saturated rings. The van der Waals surface area contributed by atoms with Gasteiger partial charge in [0.1, 0.15) is 28.8 Å². The summed E-state index contributed by atoms with van der Waals surface area (Å²) in [4.78, 5) is 55.2. The van der Waals surface area contributed by atoms with Crippen molar-refractivity contribution < 1.29 is 14.3 Å². The molecule has 0 bridgehead atoms. The number of rotatable bonds is 11. The second-order valence-corrected chi connectivity index (χ2v) is 18.2. The van der Waals surface area contributed by atoms with Gasteiger partial charge < -0.3 is 36.6 Å². The van der Waals surface area contributed by atoms with Gasteiger partial charge in [-0.1, -0.05) is 24.3 Å². The Morgan fingerprint density at radius 2 is 1.22 bits per heavy atom. The molecule has 65 heavy (non-hydrogen) atoms. The topological polar surface area (TPSA) is 200 Å². The zero-order valence-electron chi connectivity index (χ0n) is 36.8. The first-order valence-electron chi connectivity index (χ1n) is 21.6. The Kier molecular flexibility index (Phi) is 12.4. The molecule has 2 amide bonds. The van der Waals surface area contributed by atoms with Gasteiger partial charge in [0.15, 0.2) is 0 Å². The van der Waals surface area contributed by atoms with Crippen molar-refractivity contribution in [2.24, 2.45) is 11.5 Å². The highest BCUT2D eigenvalue weighted by atomic mass is 32.1. The number of benzene rings is 2. The lowest BCUT2D eigenvalue weighted by molar-refractivity contribution is 0.0993. The predicted octanol–water partition coefficient (Wildman–Crippen LogP) is 7.64. The van der Waals surface area contributed by atoms with Crippen molar-refractivity contribution >= 4 is 79.7 Å². The first-order chi connectivity index (χ1) is 31.6. The minimum atomic E-state index is -0.547. The van der Waals surface area contributed by atoms with Crippen LogP contribution >= 0.6 is 22.7 Å². The average molecular weight is 910 g/mol. The van der Waals surface area contributed by atoms with Crippen LogP contribution in [0, 0.1) is 6.92 Å². The van der Waals surface area contributed by atoms with Crippen molar-refractivity contribution in [2.45, 2.75) is 58.5 Å². The second-order valence-electron chi connectivity index (χ2n) is 16.2. The third-order valence-electron chi connectivity index (χ3n) is 11.8. The Labute approximate surface area is 384 Å². The maximum Gasteiger partial charge on any atom is 0.304 e. The number of hydrogen-bond acceptors (Lipinski definition) is 14. The normalized spacial score (nSPS) is 13.7. The van der Waals surface area contributed by atoms with Gasteiger partial charge in [0, 0.05) is 64.7 Å². The van der Waals surface area contributed by atoms with Crippen molar-refractivity contribution in [1.82, 2.24) is 34.1 Å². The zero-order chi connectivity index (χ0) is 45.2. The van der Waals surface area contributed by atoms with Gasteiger partial charge in [-0.3, -0.25) is 14.2 Å². The van der Waals surface area contributed by atoms with E-state index < -0.39 is 11.8 Å². The number of nitrogens with one attached hydrogen (secondary N) is 2. The van der Waals surface area contributed by atoms with Crippen molar-refractivity contribution in [2.75, 3.05) is 54.7 Å². The number of ether oxygens (including phenoxy) is 1. The molecule has 8 aromatic rings. The number of carbonyl (C=O) groups is 2. The number of aryl methyl sites for hydroxylation is 1. The first-order valence-corrected chi connectivity index (χ1v) is 23.4. The fraction of sp³-hybridized carbons (Fsp3) is 0.298. The molecule has 2 aromatic carbocycles. The summed E-state index contributed by atoms with van der Waals surface area (Å²) in [5.74, 6) is 3.57. The largest absolute Gasteiger partial charge is 0.468 e. The third-order valence-corrected chi connectivity index (χ3v) is 13.6. The molecule has 0 unspecified atom stereocenters. The lowest BCUT2D eigenvalue weighted by Gasteiger charge is -2.21. The smallest absolute Gasteiger partial charge is 0.304 e. The summed E-state index contributed by atoms with van der Waals surface area (Å²) in [6.45, 7) is 5.29. The summed E-state index contributed by atoms with van der Waals surface area (Å²) in [6.07, 6.45) is 6.25. The molecule has 2 aliphatic rings. The molecular formula is C47H51N13O3S2. The van der Waals surface area contributed by atoms with Crippen LogP contribution in [0.5, 0.6) is 6.01 Å².